The minimum absolute atomic E-state index is 0.0896. The van der Waals surface area contributed by atoms with Crippen molar-refractivity contribution in [2.45, 2.75) is 71.5 Å². The lowest BCUT2D eigenvalue weighted by Crippen LogP contribution is -2.24. The molecule has 0 aromatic heterocycles. The molecule has 0 N–H and O–H groups in total. The summed E-state index contributed by atoms with van der Waals surface area (Å²) in [6.07, 6.45) is 5.31. The number of rotatable bonds is 4. The van der Waals surface area contributed by atoms with Crippen molar-refractivity contribution in [3.8, 4) is 0 Å². The van der Waals surface area contributed by atoms with E-state index in [-0.39, 0.29) is 18.0 Å². The molecule has 2 rings (SSSR count). The van der Waals surface area contributed by atoms with E-state index in [1.165, 1.54) is 0 Å². The van der Waals surface area contributed by atoms with E-state index in [1.807, 2.05) is 52.0 Å². The minimum atomic E-state index is -0.479. The summed E-state index contributed by atoms with van der Waals surface area (Å²) in [6.45, 7) is 7.59. The Labute approximate surface area is 150 Å². The molecule has 0 radical (unpaired) electrons. The van der Waals surface area contributed by atoms with E-state index in [0.717, 1.165) is 43.2 Å². The standard InChI is InChI=1S/C21H28O4/c1-5-16-8-6-7-9-18(16)20(23)24-17-12-10-15(11-13-17)14-19(22)25-21(2,3)4/h6-9,14,17H,5,10-13H2,1-4H3. The number of allylic oxidation sites excluding steroid dienone is 1. The number of aryl methyl sites for hydroxylation is 1. The molecule has 0 atom stereocenters. The average Bonchev–Trinajstić information content (AvgIpc) is 2.54. The van der Waals surface area contributed by atoms with E-state index in [1.54, 1.807) is 6.08 Å². The van der Waals surface area contributed by atoms with Crippen LogP contribution in [0.15, 0.2) is 35.9 Å². The fourth-order valence-electron chi connectivity index (χ4n) is 2.96. The number of benzene rings is 1. The van der Waals surface area contributed by atoms with Gasteiger partial charge in [-0.3, -0.25) is 0 Å². The number of hydrogen-bond acceptors (Lipinski definition) is 4. The molecule has 1 aliphatic carbocycles. The summed E-state index contributed by atoms with van der Waals surface area (Å²) in [4.78, 5) is 24.3. The Balaban J connectivity index is 1.88. The summed E-state index contributed by atoms with van der Waals surface area (Å²) < 4.78 is 11.0. The van der Waals surface area contributed by atoms with Crippen molar-refractivity contribution in [3.05, 3.63) is 47.0 Å². The lowest BCUT2D eigenvalue weighted by atomic mass is 9.92. The van der Waals surface area contributed by atoms with Crippen LogP contribution in [0.4, 0.5) is 0 Å². The van der Waals surface area contributed by atoms with Crippen LogP contribution in [-0.2, 0) is 20.7 Å². The molecule has 1 aromatic carbocycles. The molecule has 0 saturated heterocycles. The first-order chi connectivity index (χ1) is 11.8. The van der Waals surface area contributed by atoms with Crippen LogP contribution in [0.2, 0.25) is 0 Å². The molecule has 25 heavy (non-hydrogen) atoms. The fourth-order valence-corrected chi connectivity index (χ4v) is 2.96. The van der Waals surface area contributed by atoms with Crippen molar-refractivity contribution in [1.29, 1.82) is 0 Å². The largest absolute Gasteiger partial charge is 0.459 e. The zero-order chi connectivity index (χ0) is 18.4. The molecule has 4 nitrogen and oxygen atoms in total. The lowest BCUT2D eigenvalue weighted by molar-refractivity contribution is -0.148. The van der Waals surface area contributed by atoms with Gasteiger partial charge in [-0.2, -0.15) is 0 Å². The van der Waals surface area contributed by atoms with E-state index >= 15 is 0 Å². The predicted octanol–water partition coefficient (Wildman–Crippen LogP) is 4.62. The van der Waals surface area contributed by atoms with Gasteiger partial charge in [0.25, 0.3) is 0 Å². The van der Waals surface area contributed by atoms with E-state index in [4.69, 9.17) is 9.47 Å². The number of carbonyl (C=O) groups is 2. The van der Waals surface area contributed by atoms with Crippen LogP contribution in [0.5, 0.6) is 0 Å². The molecule has 0 amide bonds. The van der Waals surface area contributed by atoms with Crippen molar-refractivity contribution in [2.24, 2.45) is 0 Å². The third-order valence-corrected chi connectivity index (χ3v) is 4.20. The van der Waals surface area contributed by atoms with Gasteiger partial charge in [-0.15, -0.1) is 0 Å². The summed E-state index contributed by atoms with van der Waals surface area (Å²) in [7, 11) is 0. The maximum atomic E-state index is 12.4. The van der Waals surface area contributed by atoms with Gasteiger partial charge in [0.2, 0.25) is 0 Å². The van der Waals surface area contributed by atoms with E-state index < -0.39 is 5.60 Å². The quantitative estimate of drug-likeness (QED) is 0.591. The second kappa shape index (κ2) is 8.32. The molecule has 0 bridgehead atoms. The molecule has 0 aliphatic heterocycles. The fraction of sp³-hybridized carbons (Fsp3) is 0.524. The summed E-state index contributed by atoms with van der Waals surface area (Å²) >= 11 is 0. The second-order valence-electron chi connectivity index (χ2n) is 7.45. The normalized spacial score (nSPS) is 17.8. The zero-order valence-electron chi connectivity index (χ0n) is 15.6. The molecule has 1 saturated carbocycles. The molecule has 1 aromatic rings. The first kappa shape index (κ1) is 19.2. The zero-order valence-corrected chi connectivity index (χ0v) is 15.6. The predicted molar refractivity (Wildman–Crippen MR) is 97.4 cm³/mol. The molecule has 136 valence electrons. The van der Waals surface area contributed by atoms with Gasteiger partial charge in [-0.25, -0.2) is 9.59 Å². The Morgan fingerprint density at radius 1 is 1.16 bits per heavy atom. The van der Waals surface area contributed by atoms with Crippen LogP contribution in [-0.4, -0.2) is 23.6 Å². The van der Waals surface area contributed by atoms with Crippen molar-refractivity contribution < 1.29 is 19.1 Å². The molecular weight excluding hydrogens is 316 g/mol. The van der Waals surface area contributed by atoms with Gasteiger partial charge in [-0.05, 0) is 64.5 Å². The van der Waals surface area contributed by atoms with Crippen LogP contribution >= 0.6 is 0 Å². The summed E-state index contributed by atoms with van der Waals surface area (Å²) in [5.41, 5.74) is 2.25. The van der Waals surface area contributed by atoms with Crippen LogP contribution in [0.25, 0.3) is 0 Å². The van der Waals surface area contributed by atoms with Crippen LogP contribution in [0.1, 0.15) is 69.3 Å². The van der Waals surface area contributed by atoms with Crippen molar-refractivity contribution in [1.82, 2.24) is 0 Å². The highest BCUT2D eigenvalue weighted by atomic mass is 16.6. The monoisotopic (exact) mass is 344 g/mol. The first-order valence-electron chi connectivity index (χ1n) is 9.00. The van der Waals surface area contributed by atoms with Gasteiger partial charge in [0.05, 0.1) is 5.56 Å². The third-order valence-electron chi connectivity index (χ3n) is 4.20. The molecule has 0 spiro atoms. The van der Waals surface area contributed by atoms with Crippen molar-refractivity contribution >= 4 is 11.9 Å². The Bertz CT molecular complexity index is 642. The number of esters is 2. The number of hydrogen-bond donors (Lipinski definition) is 0. The van der Waals surface area contributed by atoms with Crippen molar-refractivity contribution in [2.75, 3.05) is 0 Å². The highest BCUT2D eigenvalue weighted by Gasteiger charge is 2.23. The summed E-state index contributed by atoms with van der Waals surface area (Å²) in [5.74, 6) is -0.545. The highest BCUT2D eigenvalue weighted by Crippen LogP contribution is 2.27. The molecular formula is C21H28O4. The molecule has 1 fully saturated rings. The molecule has 4 heteroatoms. The van der Waals surface area contributed by atoms with Crippen LogP contribution in [0, 0.1) is 0 Å². The van der Waals surface area contributed by atoms with Gasteiger partial charge in [0.1, 0.15) is 11.7 Å². The topological polar surface area (TPSA) is 52.6 Å². The van der Waals surface area contributed by atoms with Crippen LogP contribution < -0.4 is 0 Å². The molecule has 0 unspecified atom stereocenters. The van der Waals surface area contributed by atoms with Crippen molar-refractivity contribution in [3.63, 3.8) is 0 Å². The van der Waals surface area contributed by atoms with Gasteiger partial charge in [0, 0.05) is 6.08 Å². The molecule has 0 heterocycles. The average molecular weight is 344 g/mol. The smallest absolute Gasteiger partial charge is 0.338 e. The van der Waals surface area contributed by atoms with E-state index in [2.05, 4.69) is 0 Å². The maximum absolute atomic E-state index is 12.4. The maximum Gasteiger partial charge on any atom is 0.338 e. The first-order valence-corrected chi connectivity index (χ1v) is 9.00. The summed E-state index contributed by atoms with van der Waals surface area (Å²) in [6, 6.07) is 7.57. The minimum Gasteiger partial charge on any atom is -0.459 e. The number of carbonyl (C=O) groups excluding carboxylic acids is 2. The Morgan fingerprint density at radius 3 is 2.40 bits per heavy atom. The van der Waals surface area contributed by atoms with E-state index in [9.17, 15) is 9.59 Å². The molecule has 1 aliphatic rings. The Kier molecular flexibility index (Phi) is 6.40. The SMILES string of the molecule is CCc1ccccc1C(=O)OC1CCC(=CC(=O)OC(C)(C)C)CC1. The Hall–Kier alpha value is -2.10. The summed E-state index contributed by atoms with van der Waals surface area (Å²) in [5, 5.41) is 0. The van der Waals surface area contributed by atoms with Gasteiger partial charge in [-0.1, -0.05) is 30.7 Å². The third kappa shape index (κ3) is 6.04. The van der Waals surface area contributed by atoms with E-state index in [0.29, 0.717) is 5.56 Å². The second-order valence-corrected chi connectivity index (χ2v) is 7.45. The number of ether oxygens (including phenoxy) is 2. The Morgan fingerprint density at radius 2 is 1.80 bits per heavy atom. The van der Waals surface area contributed by atoms with Crippen LogP contribution in [0.3, 0.4) is 0 Å². The van der Waals surface area contributed by atoms with Gasteiger partial charge < -0.3 is 9.47 Å². The van der Waals surface area contributed by atoms with Gasteiger partial charge in [0.15, 0.2) is 0 Å². The van der Waals surface area contributed by atoms with Gasteiger partial charge >= 0.3 is 11.9 Å². The lowest BCUT2D eigenvalue weighted by Gasteiger charge is -2.25. The highest BCUT2D eigenvalue weighted by molar-refractivity contribution is 5.91.